The van der Waals surface area contributed by atoms with E-state index in [0.29, 0.717) is 46.1 Å². The Balaban J connectivity index is 1.47. The van der Waals surface area contributed by atoms with Gasteiger partial charge in [-0.05, 0) is 55.5 Å². The Labute approximate surface area is 211 Å². The first-order valence-electron chi connectivity index (χ1n) is 12.2. The van der Waals surface area contributed by atoms with Crippen molar-refractivity contribution in [3.05, 3.63) is 86.7 Å². The van der Waals surface area contributed by atoms with E-state index in [1.807, 2.05) is 23.6 Å². The van der Waals surface area contributed by atoms with Gasteiger partial charge in [0.2, 0.25) is 0 Å². The van der Waals surface area contributed by atoms with Crippen LogP contribution in [-0.4, -0.2) is 38.6 Å². The molecule has 5 aromatic rings. The van der Waals surface area contributed by atoms with Crippen LogP contribution in [0.15, 0.2) is 58.8 Å². The summed E-state index contributed by atoms with van der Waals surface area (Å²) >= 11 is 0. The maximum absolute atomic E-state index is 13.5. The molecule has 0 saturated heterocycles. The molecule has 11 heteroatoms. The number of hydrogen-bond acceptors (Lipinski definition) is 7. The van der Waals surface area contributed by atoms with Gasteiger partial charge in [-0.15, -0.1) is 5.10 Å². The molecular formula is C26H26N8O3. The van der Waals surface area contributed by atoms with E-state index in [2.05, 4.69) is 20.6 Å². The fourth-order valence-corrected chi connectivity index (χ4v) is 5.10. The van der Waals surface area contributed by atoms with E-state index in [9.17, 15) is 14.7 Å². The number of nitrogens with zero attached hydrogens (tertiary/aromatic N) is 7. The first-order chi connectivity index (χ1) is 18.0. The minimum atomic E-state index is -0.343. The molecule has 0 unspecified atom stereocenters. The van der Waals surface area contributed by atoms with Crippen LogP contribution in [0.1, 0.15) is 30.2 Å². The SMILES string of the molecule is CCn1cc(Nc2cc(-c3ccnc(-n4ccn5c6c(cc5c4=O)CCC6)c3CO)cn(C)c2=O)nn1. The molecule has 0 saturated carbocycles. The number of pyridine rings is 2. The van der Waals surface area contributed by atoms with Crippen molar-refractivity contribution in [2.45, 2.75) is 39.3 Å². The number of aliphatic hydroxyl groups is 1. The van der Waals surface area contributed by atoms with Gasteiger partial charge in [0, 0.05) is 55.2 Å². The summed E-state index contributed by atoms with van der Waals surface area (Å²) in [6, 6.07) is 5.43. The van der Waals surface area contributed by atoms with Crippen molar-refractivity contribution in [1.29, 1.82) is 0 Å². The Hall–Kier alpha value is -4.51. The highest BCUT2D eigenvalue weighted by atomic mass is 16.3. The van der Waals surface area contributed by atoms with Gasteiger partial charge in [0.15, 0.2) is 5.82 Å². The number of rotatable bonds is 6. The Morgan fingerprint density at radius 3 is 2.76 bits per heavy atom. The van der Waals surface area contributed by atoms with Gasteiger partial charge in [-0.3, -0.25) is 18.8 Å². The molecule has 6 rings (SSSR count). The van der Waals surface area contributed by atoms with Gasteiger partial charge < -0.3 is 19.4 Å². The summed E-state index contributed by atoms with van der Waals surface area (Å²) in [4.78, 5) is 30.8. The van der Waals surface area contributed by atoms with Crippen LogP contribution >= 0.6 is 0 Å². The van der Waals surface area contributed by atoms with Crippen molar-refractivity contribution in [3.8, 4) is 16.9 Å². The summed E-state index contributed by atoms with van der Waals surface area (Å²) in [5, 5.41) is 21.5. The Bertz CT molecular complexity index is 1780. The largest absolute Gasteiger partial charge is 0.392 e. The molecular weight excluding hydrogens is 472 g/mol. The van der Waals surface area contributed by atoms with Crippen LogP contribution in [0.2, 0.25) is 0 Å². The molecule has 1 aliphatic carbocycles. The topological polar surface area (TPSA) is 124 Å². The van der Waals surface area contributed by atoms with Crippen LogP contribution < -0.4 is 16.4 Å². The normalized spacial score (nSPS) is 12.8. The highest BCUT2D eigenvalue weighted by molar-refractivity contribution is 5.73. The number of fused-ring (bicyclic) bond motifs is 3. The Morgan fingerprint density at radius 1 is 1.11 bits per heavy atom. The molecule has 0 bridgehead atoms. The van der Waals surface area contributed by atoms with E-state index >= 15 is 0 Å². The van der Waals surface area contributed by atoms with Gasteiger partial charge in [0.25, 0.3) is 11.1 Å². The zero-order valence-corrected chi connectivity index (χ0v) is 20.5. The summed E-state index contributed by atoms with van der Waals surface area (Å²) in [6.07, 6.45) is 11.6. The number of hydrogen-bond donors (Lipinski definition) is 2. The van der Waals surface area contributed by atoms with Crippen LogP contribution in [0.5, 0.6) is 0 Å². The van der Waals surface area contributed by atoms with Gasteiger partial charge in [-0.2, -0.15) is 0 Å². The standard InChI is InChI=1S/C26H26N8O3/c1-3-32-14-23(29-30-32)28-20-11-17(13-31(2)25(20)36)18-7-8-27-24(19(18)15-35)34-10-9-33-21-6-4-5-16(21)12-22(33)26(34)37/h7-14,28,35H,3-6,15H2,1-2H3. The smallest absolute Gasteiger partial charge is 0.280 e. The van der Waals surface area contributed by atoms with Gasteiger partial charge in [0.05, 0.1) is 12.8 Å². The summed E-state index contributed by atoms with van der Waals surface area (Å²) < 4.78 is 6.56. The molecule has 0 amide bonds. The molecule has 5 aromatic heterocycles. The highest BCUT2D eigenvalue weighted by Crippen LogP contribution is 2.29. The van der Waals surface area contributed by atoms with Crippen LogP contribution in [-0.2, 0) is 33.0 Å². The zero-order chi connectivity index (χ0) is 25.7. The fourth-order valence-electron chi connectivity index (χ4n) is 5.10. The molecule has 11 nitrogen and oxygen atoms in total. The van der Waals surface area contributed by atoms with E-state index in [-0.39, 0.29) is 17.7 Å². The third-order valence-corrected chi connectivity index (χ3v) is 6.93. The second-order valence-electron chi connectivity index (χ2n) is 9.16. The van der Waals surface area contributed by atoms with Gasteiger partial charge >= 0.3 is 0 Å². The molecule has 0 aromatic carbocycles. The fraction of sp³-hybridized carbons (Fsp3) is 0.269. The van der Waals surface area contributed by atoms with Crippen molar-refractivity contribution in [3.63, 3.8) is 0 Å². The van der Waals surface area contributed by atoms with Crippen molar-refractivity contribution in [1.82, 2.24) is 33.5 Å². The average Bonchev–Trinajstić information content (AvgIpc) is 3.63. The van der Waals surface area contributed by atoms with E-state index in [4.69, 9.17) is 0 Å². The maximum atomic E-state index is 13.5. The predicted octanol–water partition coefficient (Wildman–Crippen LogP) is 2.19. The lowest BCUT2D eigenvalue weighted by molar-refractivity contribution is 0.281. The number of nitrogens with one attached hydrogen (secondary N) is 1. The lowest BCUT2D eigenvalue weighted by Crippen LogP contribution is -2.22. The van der Waals surface area contributed by atoms with Gasteiger partial charge in [-0.1, -0.05) is 5.21 Å². The quantitative estimate of drug-likeness (QED) is 0.368. The minimum Gasteiger partial charge on any atom is -0.392 e. The number of aryl methyl sites for hydroxylation is 4. The number of aliphatic hydroxyl groups excluding tert-OH is 1. The van der Waals surface area contributed by atoms with Crippen molar-refractivity contribution in [2.24, 2.45) is 7.05 Å². The molecule has 0 spiro atoms. The van der Waals surface area contributed by atoms with Crippen LogP contribution in [0.3, 0.4) is 0 Å². The molecule has 0 radical (unpaired) electrons. The van der Waals surface area contributed by atoms with Crippen molar-refractivity contribution < 1.29 is 5.11 Å². The second-order valence-corrected chi connectivity index (χ2v) is 9.16. The van der Waals surface area contributed by atoms with E-state index in [1.54, 1.807) is 48.6 Å². The average molecular weight is 499 g/mol. The third kappa shape index (κ3) is 3.75. The van der Waals surface area contributed by atoms with Gasteiger partial charge in [-0.25, -0.2) is 4.98 Å². The molecule has 0 atom stereocenters. The van der Waals surface area contributed by atoms with E-state index < -0.39 is 0 Å². The minimum absolute atomic E-state index is 0.196. The maximum Gasteiger partial charge on any atom is 0.280 e. The molecule has 1 aliphatic rings. The van der Waals surface area contributed by atoms with E-state index in [0.717, 1.165) is 19.3 Å². The van der Waals surface area contributed by atoms with Crippen molar-refractivity contribution >= 4 is 17.0 Å². The summed E-state index contributed by atoms with van der Waals surface area (Å²) in [5.41, 5.74) is 4.69. The predicted molar refractivity (Wildman–Crippen MR) is 138 cm³/mol. The summed E-state index contributed by atoms with van der Waals surface area (Å²) in [7, 11) is 1.66. The molecule has 188 valence electrons. The van der Waals surface area contributed by atoms with Crippen LogP contribution in [0, 0.1) is 0 Å². The molecule has 0 aliphatic heterocycles. The first-order valence-corrected chi connectivity index (χ1v) is 12.2. The second kappa shape index (κ2) is 8.86. The molecule has 2 N–H and O–H groups in total. The molecule has 0 fully saturated rings. The van der Waals surface area contributed by atoms with Crippen LogP contribution in [0.25, 0.3) is 22.5 Å². The Kier molecular flexibility index (Phi) is 5.49. The van der Waals surface area contributed by atoms with Gasteiger partial charge in [0.1, 0.15) is 17.0 Å². The molecule has 5 heterocycles. The highest BCUT2D eigenvalue weighted by Gasteiger charge is 2.21. The Morgan fingerprint density at radius 2 is 1.97 bits per heavy atom. The van der Waals surface area contributed by atoms with Crippen LogP contribution in [0.4, 0.5) is 11.5 Å². The van der Waals surface area contributed by atoms with Crippen molar-refractivity contribution in [2.75, 3.05) is 5.32 Å². The zero-order valence-electron chi connectivity index (χ0n) is 20.5. The number of anilines is 2. The molecule has 37 heavy (non-hydrogen) atoms. The first kappa shape index (κ1) is 22.9. The lowest BCUT2D eigenvalue weighted by atomic mass is 10.0. The summed E-state index contributed by atoms with van der Waals surface area (Å²) in [5.74, 6) is 0.802. The number of aromatic nitrogens is 7. The summed E-state index contributed by atoms with van der Waals surface area (Å²) in [6.45, 7) is 2.26. The van der Waals surface area contributed by atoms with E-state index in [1.165, 1.54) is 20.4 Å². The third-order valence-electron chi connectivity index (χ3n) is 6.93. The lowest BCUT2D eigenvalue weighted by Gasteiger charge is -2.16. The monoisotopic (exact) mass is 498 g/mol.